The van der Waals surface area contributed by atoms with E-state index in [-0.39, 0.29) is 6.61 Å². The summed E-state index contributed by atoms with van der Waals surface area (Å²) in [6.07, 6.45) is 0.890. The van der Waals surface area contributed by atoms with Crippen LogP contribution in [0.15, 0.2) is 48.5 Å². The largest absolute Gasteiger partial charge is 0.493 e. The second kappa shape index (κ2) is 5.27. The second-order valence-corrected chi connectivity index (χ2v) is 5.08. The zero-order valence-corrected chi connectivity index (χ0v) is 11.5. The molecule has 0 aliphatic carbocycles. The van der Waals surface area contributed by atoms with Gasteiger partial charge in [-0.3, -0.25) is 0 Å². The first-order chi connectivity index (χ1) is 9.74. The van der Waals surface area contributed by atoms with E-state index in [4.69, 9.17) is 9.47 Å². The van der Waals surface area contributed by atoms with Gasteiger partial charge in [0.15, 0.2) is 0 Å². The lowest BCUT2D eigenvalue weighted by molar-refractivity contribution is -0.00332. The third kappa shape index (κ3) is 2.19. The monoisotopic (exact) mass is 270 g/mol. The molecule has 20 heavy (non-hydrogen) atoms. The summed E-state index contributed by atoms with van der Waals surface area (Å²) in [6.45, 7) is 0.934. The summed E-state index contributed by atoms with van der Waals surface area (Å²) in [5.41, 5.74) is 1.69. The first-order valence-electron chi connectivity index (χ1n) is 6.77. The van der Waals surface area contributed by atoms with Crippen LogP contribution in [0, 0.1) is 0 Å². The van der Waals surface area contributed by atoms with Gasteiger partial charge in [0.2, 0.25) is 0 Å². The minimum atomic E-state index is -1.13. The van der Waals surface area contributed by atoms with Crippen molar-refractivity contribution >= 4 is 0 Å². The molecule has 1 aliphatic rings. The molecule has 0 spiro atoms. The number of hydrogen-bond donors (Lipinski definition) is 1. The van der Waals surface area contributed by atoms with Gasteiger partial charge in [0.05, 0.1) is 13.2 Å². The lowest BCUT2D eigenvalue weighted by Gasteiger charge is -2.29. The Balaban J connectivity index is 2.06. The van der Waals surface area contributed by atoms with Crippen LogP contribution in [0.1, 0.15) is 16.7 Å². The van der Waals surface area contributed by atoms with Crippen LogP contribution in [-0.4, -0.2) is 25.4 Å². The van der Waals surface area contributed by atoms with Crippen molar-refractivity contribution < 1.29 is 14.6 Å². The number of fused-ring (bicyclic) bond motifs is 1. The second-order valence-electron chi connectivity index (χ2n) is 5.08. The molecule has 0 aromatic heterocycles. The molecule has 3 heteroatoms. The van der Waals surface area contributed by atoms with E-state index in [1.54, 1.807) is 7.11 Å². The molecule has 2 aromatic carbocycles. The molecule has 1 aliphatic heterocycles. The van der Waals surface area contributed by atoms with Gasteiger partial charge in [0, 0.05) is 13.5 Å². The number of hydrogen-bond acceptors (Lipinski definition) is 3. The molecule has 0 saturated heterocycles. The zero-order valence-electron chi connectivity index (χ0n) is 11.5. The standard InChI is InChI=1S/C17H18O3/c1-19-12-17(18,14-5-3-2-4-6-14)15-7-8-16-13(11-15)9-10-20-16/h2-8,11,18H,9-10,12H2,1H3. The van der Waals surface area contributed by atoms with Crippen molar-refractivity contribution in [3.8, 4) is 5.75 Å². The SMILES string of the molecule is COCC(O)(c1ccccc1)c1ccc2c(c1)CCO2. The van der Waals surface area contributed by atoms with Gasteiger partial charge < -0.3 is 14.6 Å². The summed E-state index contributed by atoms with van der Waals surface area (Å²) in [6, 6.07) is 15.5. The number of methoxy groups -OCH3 is 1. The molecule has 1 N–H and O–H groups in total. The van der Waals surface area contributed by atoms with Gasteiger partial charge >= 0.3 is 0 Å². The summed E-state index contributed by atoms with van der Waals surface area (Å²) in [5.74, 6) is 0.918. The highest BCUT2D eigenvalue weighted by molar-refractivity contribution is 5.45. The van der Waals surface area contributed by atoms with Gasteiger partial charge in [-0.2, -0.15) is 0 Å². The van der Waals surface area contributed by atoms with Crippen molar-refractivity contribution in [2.24, 2.45) is 0 Å². The molecule has 0 bridgehead atoms. The zero-order chi connectivity index (χ0) is 14.0. The molecule has 3 rings (SSSR count). The molecule has 1 heterocycles. The Morgan fingerprint density at radius 2 is 1.95 bits per heavy atom. The fourth-order valence-corrected chi connectivity index (χ4v) is 2.70. The van der Waals surface area contributed by atoms with Crippen molar-refractivity contribution in [2.45, 2.75) is 12.0 Å². The Bertz CT molecular complexity index is 594. The Morgan fingerprint density at radius 1 is 1.15 bits per heavy atom. The molecule has 0 fully saturated rings. The predicted molar refractivity (Wildman–Crippen MR) is 77.0 cm³/mol. The molecular weight excluding hydrogens is 252 g/mol. The summed E-state index contributed by atoms with van der Waals surface area (Å²) in [5, 5.41) is 11.1. The van der Waals surface area contributed by atoms with Gasteiger partial charge in [-0.05, 0) is 28.8 Å². The van der Waals surface area contributed by atoms with E-state index in [1.165, 1.54) is 0 Å². The molecule has 0 amide bonds. The first kappa shape index (κ1) is 13.2. The average molecular weight is 270 g/mol. The Morgan fingerprint density at radius 3 is 2.70 bits per heavy atom. The molecule has 104 valence electrons. The van der Waals surface area contributed by atoms with Crippen LogP contribution in [0.5, 0.6) is 5.75 Å². The average Bonchev–Trinajstić information content (AvgIpc) is 2.95. The minimum absolute atomic E-state index is 0.219. The highest BCUT2D eigenvalue weighted by Gasteiger charge is 2.32. The Hall–Kier alpha value is -1.84. The van der Waals surface area contributed by atoms with Crippen molar-refractivity contribution in [3.05, 3.63) is 65.2 Å². The Labute approximate surface area is 118 Å². The third-order valence-corrected chi connectivity index (χ3v) is 3.77. The van der Waals surface area contributed by atoms with Gasteiger partial charge in [-0.1, -0.05) is 36.4 Å². The van der Waals surface area contributed by atoms with Crippen LogP contribution in [0.4, 0.5) is 0 Å². The third-order valence-electron chi connectivity index (χ3n) is 3.77. The fourth-order valence-electron chi connectivity index (χ4n) is 2.70. The van der Waals surface area contributed by atoms with E-state index in [0.717, 1.165) is 28.9 Å². The van der Waals surface area contributed by atoms with Crippen LogP contribution < -0.4 is 4.74 Å². The number of benzene rings is 2. The smallest absolute Gasteiger partial charge is 0.138 e. The highest BCUT2D eigenvalue weighted by atomic mass is 16.5. The molecular formula is C17H18O3. The predicted octanol–water partition coefficient (Wildman–Crippen LogP) is 2.50. The molecule has 1 unspecified atom stereocenters. The molecule has 2 aromatic rings. The topological polar surface area (TPSA) is 38.7 Å². The maximum atomic E-state index is 11.1. The van der Waals surface area contributed by atoms with Gasteiger partial charge in [-0.25, -0.2) is 0 Å². The normalized spacial score (nSPS) is 16.3. The van der Waals surface area contributed by atoms with Crippen LogP contribution in [-0.2, 0) is 16.8 Å². The maximum absolute atomic E-state index is 11.1. The van der Waals surface area contributed by atoms with Gasteiger partial charge in [0.25, 0.3) is 0 Å². The lowest BCUT2D eigenvalue weighted by atomic mass is 9.86. The van der Waals surface area contributed by atoms with Crippen LogP contribution >= 0.6 is 0 Å². The van der Waals surface area contributed by atoms with Gasteiger partial charge in [0.1, 0.15) is 11.4 Å². The summed E-state index contributed by atoms with van der Waals surface area (Å²) in [4.78, 5) is 0. The minimum Gasteiger partial charge on any atom is -0.493 e. The number of aliphatic hydroxyl groups is 1. The summed E-state index contributed by atoms with van der Waals surface area (Å²) >= 11 is 0. The highest BCUT2D eigenvalue weighted by Crippen LogP contribution is 2.34. The molecule has 0 radical (unpaired) electrons. The first-order valence-corrected chi connectivity index (χ1v) is 6.77. The quantitative estimate of drug-likeness (QED) is 0.927. The van der Waals surface area contributed by atoms with E-state index in [1.807, 2.05) is 48.5 Å². The van der Waals surface area contributed by atoms with Crippen molar-refractivity contribution in [2.75, 3.05) is 20.3 Å². The van der Waals surface area contributed by atoms with E-state index in [9.17, 15) is 5.11 Å². The molecule has 3 nitrogen and oxygen atoms in total. The van der Waals surface area contributed by atoms with Crippen molar-refractivity contribution in [3.63, 3.8) is 0 Å². The molecule has 0 saturated carbocycles. The Kier molecular flexibility index (Phi) is 3.47. The summed E-state index contributed by atoms with van der Waals surface area (Å²) < 4.78 is 10.8. The van der Waals surface area contributed by atoms with Crippen LogP contribution in [0.25, 0.3) is 0 Å². The molecule has 1 atom stereocenters. The van der Waals surface area contributed by atoms with E-state index in [0.29, 0.717) is 6.61 Å². The van der Waals surface area contributed by atoms with Crippen molar-refractivity contribution in [1.82, 2.24) is 0 Å². The number of rotatable bonds is 4. The van der Waals surface area contributed by atoms with E-state index < -0.39 is 5.60 Å². The van der Waals surface area contributed by atoms with Crippen molar-refractivity contribution in [1.29, 1.82) is 0 Å². The number of ether oxygens (including phenoxy) is 2. The fraction of sp³-hybridized carbons (Fsp3) is 0.294. The maximum Gasteiger partial charge on any atom is 0.138 e. The van der Waals surface area contributed by atoms with Crippen LogP contribution in [0.3, 0.4) is 0 Å². The van der Waals surface area contributed by atoms with Gasteiger partial charge in [-0.15, -0.1) is 0 Å². The van der Waals surface area contributed by atoms with Crippen LogP contribution in [0.2, 0.25) is 0 Å². The van der Waals surface area contributed by atoms with E-state index >= 15 is 0 Å². The summed E-state index contributed by atoms with van der Waals surface area (Å²) in [7, 11) is 1.60. The van der Waals surface area contributed by atoms with E-state index in [2.05, 4.69) is 0 Å². The lowest BCUT2D eigenvalue weighted by Crippen LogP contribution is -2.32.